The maximum absolute atomic E-state index is 4.91. The largest absolute Gasteiger partial charge is 0.323 e. The van der Waals surface area contributed by atoms with Crippen molar-refractivity contribution in [3.8, 4) is 0 Å². The molecule has 1 rings (SSSR count). The number of aromatic nitrogens is 1. The molecule has 1 heterocycles. The first kappa shape index (κ1) is 8.91. The SMILES string of the molecule is Cl.NN=Cc1ccncc1. The van der Waals surface area contributed by atoms with Crippen LogP contribution in [0.25, 0.3) is 0 Å². The zero-order valence-electron chi connectivity index (χ0n) is 5.27. The van der Waals surface area contributed by atoms with Crippen molar-refractivity contribution < 1.29 is 0 Å². The van der Waals surface area contributed by atoms with E-state index in [4.69, 9.17) is 5.84 Å². The molecule has 54 valence electrons. The Morgan fingerprint density at radius 2 is 2.00 bits per heavy atom. The van der Waals surface area contributed by atoms with E-state index in [0.717, 1.165) is 5.56 Å². The highest BCUT2D eigenvalue weighted by molar-refractivity contribution is 5.85. The van der Waals surface area contributed by atoms with E-state index in [1.54, 1.807) is 18.6 Å². The summed E-state index contributed by atoms with van der Waals surface area (Å²) in [6, 6.07) is 3.66. The molecule has 0 aliphatic heterocycles. The highest BCUT2D eigenvalue weighted by Crippen LogP contribution is 1.88. The van der Waals surface area contributed by atoms with Gasteiger partial charge >= 0.3 is 0 Å². The first-order chi connectivity index (χ1) is 4.43. The standard InChI is InChI=1S/C6H7N3.ClH/c7-9-5-6-1-3-8-4-2-6;/h1-5H,7H2;1H. The van der Waals surface area contributed by atoms with Crippen LogP contribution in [0.2, 0.25) is 0 Å². The van der Waals surface area contributed by atoms with Crippen molar-refractivity contribution in [2.75, 3.05) is 0 Å². The van der Waals surface area contributed by atoms with Gasteiger partial charge in [0.15, 0.2) is 0 Å². The van der Waals surface area contributed by atoms with Crippen LogP contribution in [0.3, 0.4) is 0 Å². The van der Waals surface area contributed by atoms with Crippen molar-refractivity contribution in [3.63, 3.8) is 0 Å². The minimum absolute atomic E-state index is 0. The Hall–Kier alpha value is -1.09. The molecule has 0 saturated carbocycles. The number of hydrogen-bond acceptors (Lipinski definition) is 3. The molecule has 4 heteroatoms. The molecule has 3 nitrogen and oxygen atoms in total. The Balaban J connectivity index is 0.000000810. The van der Waals surface area contributed by atoms with Gasteiger partial charge in [0.2, 0.25) is 0 Å². The summed E-state index contributed by atoms with van der Waals surface area (Å²) in [6.07, 6.45) is 4.95. The maximum Gasteiger partial charge on any atom is 0.0539 e. The summed E-state index contributed by atoms with van der Waals surface area (Å²) in [6.45, 7) is 0. The molecule has 0 aliphatic rings. The molecule has 0 amide bonds. The monoisotopic (exact) mass is 157 g/mol. The molecular weight excluding hydrogens is 150 g/mol. The summed E-state index contributed by atoms with van der Waals surface area (Å²) in [5.74, 6) is 4.91. The van der Waals surface area contributed by atoms with E-state index in [1.807, 2.05) is 12.1 Å². The molecule has 0 aromatic carbocycles. The lowest BCUT2D eigenvalue weighted by molar-refractivity contribution is 1.26. The quantitative estimate of drug-likeness (QED) is 0.372. The molecule has 0 saturated heterocycles. The van der Waals surface area contributed by atoms with Gasteiger partial charge in [0, 0.05) is 12.4 Å². The normalized spacial score (nSPS) is 9.20. The van der Waals surface area contributed by atoms with Gasteiger partial charge in [-0.3, -0.25) is 4.98 Å². The molecule has 0 bridgehead atoms. The number of halogens is 1. The third kappa shape index (κ3) is 2.46. The summed E-state index contributed by atoms with van der Waals surface area (Å²) in [7, 11) is 0. The highest BCUT2D eigenvalue weighted by Gasteiger charge is 1.80. The molecule has 0 atom stereocenters. The fourth-order valence-corrected chi connectivity index (χ4v) is 0.536. The van der Waals surface area contributed by atoms with Gasteiger partial charge in [0.25, 0.3) is 0 Å². The molecule has 0 unspecified atom stereocenters. The summed E-state index contributed by atoms with van der Waals surface area (Å²) >= 11 is 0. The molecule has 1 aromatic rings. The van der Waals surface area contributed by atoms with Crippen molar-refractivity contribution >= 4 is 18.6 Å². The lowest BCUT2D eigenvalue weighted by Crippen LogP contribution is -1.85. The van der Waals surface area contributed by atoms with Crippen molar-refractivity contribution in [1.29, 1.82) is 0 Å². The molecule has 0 radical (unpaired) electrons. The van der Waals surface area contributed by atoms with Crippen LogP contribution in [0.5, 0.6) is 0 Å². The second-order valence-electron chi connectivity index (χ2n) is 1.56. The zero-order chi connectivity index (χ0) is 6.53. The molecule has 2 N–H and O–H groups in total. The predicted molar refractivity (Wildman–Crippen MR) is 43.3 cm³/mol. The maximum atomic E-state index is 4.91. The molecule has 0 aliphatic carbocycles. The van der Waals surface area contributed by atoms with Crippen LogP contribution in [0.4, 0.5) is 0 Å². The lowest BCUT2D eigenvalue weighted by Gasteiger charge is -1.85. The van der Waals surface area contributed by atoms with Gasteiger partial charge < -0.3 is 5.84 Å². The van der Waals surface area contributed by atoms with Gasteiger partial charge in [0.05, 0.1) is 6.21 Å². The van der Waals surface area contributed by atoms with Crippen molar-refractivity contribution in [2.24, 2.45) is 10.9 Å². The molecular formula is C6H8ClN3. The van der Waals surface area contributed by atoms with Crippen molar-refractivity contribution in [3.05, 3.63) is 30.1 Å². The minimum Gasteiger partial charge on any atom is -0.323 e. The number of hydrogen-bond donors (Lipinski definition) is 1. The fourth-order valence-electron chi connectivity index (χ4n) is 0.536. The lowest BCUT2D eigenvalue weighted by atomic mass is 10.3. The van der Waals surface area contributed by atoms with E-state index in [1.165, 1.54) is 0 Å². The Labute approximate surface area is 65.4 Å². The molecule has 1 aromatic heterocycles. The van der Waals surface area contributed by atoms with E-state index in [-0.39, 0.29) is 12.4 Å². The van der Waals surface area contributed by atoms with Gasteiger partial charge in [0.1, 0.15) is 0 Å². The van der Waals surface area contributed by atoms with E-state index in [9.17, 15) is 0 Å². The van der Waals surface area contributed by atoms with Crippen LogP contribution in [-0.4, -0.2) is 11.2 Å². The van der Waals surface area contributed by atoms with Gasteiger partial charge in [-0.15, -0.1) is 12.4 Å². The second kappa shape index (κ2) is 4.76. The third-order valence-electron chi connectivity index (χ3n) is 0.930. The summed E-state index contributed by atoms with van der Waals surface area (Å²) in [4.78, 5) is 3.83. The predicted octanol–water partition coefficient (Wildman–Crippen LogP) is 0.796. The van der Waals surface area contributed by atoms with Gasteiger partial charge in [-0.1, -0.05) is 0 Å². The zero-order valence-corrected chi connectivity index (χ0v) is 6.08. The van der Waals surface area contributed by atoms with E-state index >= 15 is 0 Å². The topological polar surface area (TPSA) is 51.3 Å². The fraction of sp³-hybridized carbons (Fsp3) is 0. The number of rotatable bonds is 1. The Bertz CT molecular complexity index is 197. The summed E-state index contributed by atoms with van der Waals surface area (Å²) in [5, 5.41) is 3.35. The van der Waals surface area contributed by atoms with Crippen molar-refractivity contribution in [1.82, 2.24) is 4.98 Å². The Morgan fingerprint density at radius 3 is 2.50 bits per heavy atom. The number of nitrogens with two attached hydrogens (primary N) is 1. The van der Waals surface area contributed by atoms with Crippen LogP contribution in [0.1, 0.15) is 5.56 Å². The smallest absolute Gasteiger partial charge is 0.0539 e. The number of hydrazone groups is 1. The van der Waals surface area contributed by atoms with Gasteiger partial charge in [-0.2, -0.15) is 5.10 Å². The highest BCUT2D eigenvalue weighted by atomic mass is 35.5. The van der Waals surface area contributed by atoms with Crippen LogP contribution < -0.4 is 5.84 Å². The van der Waals surface area contributed by atoms with Crippen molar-refractivity contribution in [2.45, 2.75) is 0 Å². The van der Waals surface area contributed by atoms with Crippen LogP contribution in [0, 0.1) is 0 Å². The Kier molecular flexibility index (Phi) is 4.24. The summed E-state index contributed by atoms with van der Waals surface area (Å²) < 4.78 is 0. The van der Waals surface area contributed by atoms with Crippen LogP contribution in [-0.2, 0) is 0 Å². The van der Waals surface area contributed by atoms with Gasteiger partial charge in [-0.25, -0.2) is 0 Å². The Morgan fingerprint density at radius 1 is 1.40 bits per heavy atom. The molecule has 10 heavy (non-hydrogen) atoms. The van der Waals surface area contributed by atoms with Crippen LogP contribution in [0.15, 0.2) is 29.6 Å². The first-order valence-corrected chi connectivity index (χ1v) is 2.57. The van der Waals surface area contributed by atoms with E-state index < -0.39 is 0 Å². The third-order valence-corrected chi connectivity index (χ3v) is 0.930. The number of nitrogens with zero attached hydrogens (tertiary/aromatic N) is 2. The average molecular weight is 158 g/mol. The van der Waals surface area contributed by atoms with Gasteiger partial charge in [-0.05, 0) is 17.7 Å². The summed E-state index contributed by atoms with van der Waals surface area (Å²) in [5.41, 5.74) is 0.965. The average Bonchev–Trinajstić information content (AvgIpc) is 1.91. The van der Waals surface area contributed by atoms with Crippen LogP contribution >= 0.6 is 12.4 Å². The van der Waals surface area contributed by atoms with E-state index in [2.05, 4.69) is 10.1 Å². The molecule has 0 spiro atoms. The second-order valence-corrected chi connectivity index (χ2v) is 1.56. The first-order valence-electron chi connectivity index (χ1n) is 2.57. The number of pyridine rings is 1. The van der Waals surface area contributed by atoms with E-state index in [0.29, 0.717) is 0 Å². The molecule has 0 fully saturated rings. The minimum atomic E-state index is 0.